The van der Waals surface area contributed by atoms with Crippen molar-refractivity contribution in [3.8, 4) is 0 Å². The number of aliphatic hydroxyl groups excluding tert-OH is 5. The molecule has 13 nitrogen and oxygen atoms in total. The van der Waals surface area contributed by atoms with E-state index in [-0.39, 0.29) is 6.42 Å². The molecular weight excluding hydrogens is 779 g/mol. The van der Waals surface area contributed by atoms with Crippen LogP contribution in [0.3, 0.4) is 0 Å². The van der Waals surface area contributed by atoms with Crippen LogP contribution in [0.25, 0.3) is 0 Å². The van der Waals surface area contributed by atoms with Gasteiger partial charge in [-0.2, -0.15) is 8.42 Å². The minimum Gasteiger partial charge on any atom is -0.394 e. The van der Waals surface area contributed by atoms with Crippen LogP contribution in [0.5, 0.6) is 0 Å². The molecule has 0 aromatic rings. The minimum atomic E-state index is -5.10. The second kappa shape index (κ2) is 36.5. The average Bonchev–Trinajstić information content (AvgIpc) is 3.20. The van der Waals surface area contributed by atoms with E-state index in [9.17, 15) is 43.3 Å². The molecule has 0 radical (unpaired) electrons. The second-order valence-electron chi connectivity index (χ2n) is 17.2. The molecule has 14 heteroatoms. The average molecular weight is 868 g/mol. The monoisotopic (exact) mass is 868 g/mol. The molecule has 0 aliphatic carbocycles. The van der Waals surface area contributed by atoms with E-state index < -0.39 is 78.5 Å². The first-order chi connectivity index (χ1) is 28.4. The molecule has 59 heavy (non-hydrogen) atoms. The summed E-state index contributed by atoms with van der Waals surface area (Å²) in [6, 6.07) is -1.03. The predicted molar refractivity (Wildman–Crippen MR) is 233 cm³/mol. The van der Waals surface area contributed by atoms with Crippen molar-refractivity contribution in [2.75, 3.05) is 13.2 Å². The van der Waals surface area contributed by atoms with Crippen LogP contribution in [0.1, 0.15) is 219 Å². The van der Waals surface area contributed by atoms with Crippen molar-refractivity contribution in [3.63, 3.8) is 0 Å². The highest BCUT2D eigenvalue weighted by molar-refractivity contribution is 7.80. The van der Waals surface area contributed by atoms with E-state index in [1.165, 1.54) is 141 Å². The largest absolute Gasteiger partial charge is 0.397 e. The van der Waals surface area contributed by atoms with Crippen molar-refractivity contribution in [3.05, 3.63) is 0 Å². The van der Waals surface area contributed by atoms with E-state index in [0.717, 1.165) is 38.5 Å². The Hall–Kier alpha value is -0.940. The zero-order valence-corrected chi connectivity index (χ0v) is 38.0. The van der Waals surface area contributed by atoms with Crippen LogP contribution >= 0.6 is 0 Å². The van der Waals surface area contributed by atoms with Crippen LogP contribution in [0.2, 0.25) is 0 Å². The molecule has 1 aliphatic heterocycles. The molecular formula is C45H89NO12S. The fourth-order valence-corrected chi connectivity index (χ4v) is 8.45. The molecule has 0 aromatic heterocycles. The molecule has 1 amide bonds. The van der Waals surface area contributed by atoms with Gasteiger partial charge in [0.2, 0.25) is 5.91 Å². The maximum atomic E-state index is 13.1. The highest BCUT2D eigenvalue weighted by Gasteiger charge is 2.48. The van der Waals surface area contributed by atoms with E-state index in [1.807, 2.05) is 0 Å². The molecule has 352 valence electrons. The Balaban J connectivity index is 2.52. The molecule has 0 bridgehead atoms. The van der Waals surface area contributed by atoms with Gasteiger partial charge in [0.05, 0.1) is 25.4 Å². The van der Waals surface area contributed by atoms with Crippen LogP contribution in [-0.2, 0) is 28.9 Å². The number of rotatable bonds is 41. The van der Waals surface area contributed by atoms with Crippen LogP contribution in [0, 0.1) is 0 Å². The maximum absolute atomic E-state index is 13.1. The molecule has 1 heterocycles. The lowest BCUT2D eigenvalue weighted by Crippen LogP contribution is -2.61. The third-order valence-corrected chi connectivity index (χ3v) is 12.2. The molecule has 1 fully saturated rings. The van der Waals surface area contributed by atoms with Gasteiger partial charge in [0, 0.05) is 0 Å². The summed E-state index contributed by atoms with van der Waals surface area (Å²) in [5.74, 6) is -0.666. The van der Waals surface area contributed by atoms with E-state index in [4.69, 9.17) is 9.47 Å². The van der Waals surface area contributed by atoms with Gasteiger partial charge in [0.1, 0.15) is 30.5 Å². The van der Waals surface area contributed by atoms with Gasteiger partial charge in [-0.05, 0) is 12.8 Å². The van der Waals surface area contributed by atoms with Gasteiger partial charge in [-0.1, -0.05) is 206 Å². The Morgan fingerprint density at radius 1 is 0.610 bits per heavy atom. The van der Waals surface area contributed by atoms with Crippen molar-refractivity contribution in [2.24, 2.45) is 0 Å². The Labute approximate surface area is 359 Å². The Kier molecular flexibility index (Phi) is 34.7. The first-order valence-electron chi connectivity index (χ1n) is 24.0. The lowest BCUT2D eigenvalue weighted by molar-refractivity contribution is -0.298. The Bertz CT molecular complexity index is 1090. The third-order valence-electron chi connectivity index (χ3n) is 11.8. The number of carbonyl (C=O) groups excluding carboxylic acids is 1. The van der Waals surface area contributed by atoms with E-state index in [0.29, 0.717) is 19.3 Å². The van der Waals surface area contributed by atoms with Crippen molar-refractivity contribution in [1.82, 2.24) is 5.32 Å². The van der Waals surface area contributed by atoms with Crippen LogP contribution in [0.4, 0.5) is 0 Å². The summed E-state index contributed by atoms with van der Waals surface area (Å²) in [5.41, 5.74) is 0. The molecule has 1 saturated heterocycles. The van der Waals surface area contributed by atoms with Gasteiger partial charge in [-0.25, -0.2) is 4.18 Å². The lowest BCUT2D eigenvalue weighted by Gasteiger charge is -2.41. The molecule has 8 unspecified atom stereocenters. The number of aliphatic hydroxyl groups is 5. The normalized spacial score (nSPS) is 21.4. The molecule has 0 spiro atoms. The zero-order valence-electron chi connectivity index (χ0n) is 37.2. The quantitative estimate of drug-likeness (QED) is 0.0228. The number of amides is 1. The fourth-order valence-electron chi connectivity index (χ4n) is 7.94. The zero-order chi connectivity index (χ0) is 43.6. The first kappa shape index (κ1) is 56.1. The van der Waals surface area contributed by atoms with E-state index in [2.05, 4.69) is 23.3 Å². The number of ether oxygens (including phenoxy) is 2. The van der Waals surface area contributed by atoms with Crippen molar-refractivity contribution in [1.29, 1.82) is 0 Å². The maximum Gasteiger partial charge on any atom is 0.397 e. The molecule has 7 N–H and O–H groups in total. The standard InChI is InChI=1S/C45H89NO12S/c1-3-5-7-9-11-13-15-17-18-19-20-22-24-26-28-30-32-34-39(49)44(52)46-37(38(48)33-31-29-27-25-23-21-16-14-12-10-8-6-4-2)36-56-45-42(51)43(58-59(53,54)55)41(50)40(35-47)57-45/h37-43,45,47-51H,3-36H2,1-2H3,(H,46,52)(H,53,54,55). The van der Waals surface area contributed by atoms with Crippen molar-refractivity contribution >= 4 is 16.3 Å². The summed E-state index contributed by atoms with van der Waals surface area (Å²) >= 11 is 0. The summed E-state index contributed by atoms with van der Waals surface area (Å²) in [5, 5.41) is 55.4. The van der Waals surface area contributed by atoms with E-state index >= 15 is 0 Å². The summed E-state index contributed by atoms with van der Waals surface area (Å²) in [6.07, 6.45) is 25.7. The minimum absolute atomic E-state index is 0.266. The number of nitrogens with one attached hydrogen (secondary N) is 1. The highest BCUT2D eigenvalue weighted by atomic mass is 32.3. The Morgan fingerprint density at radius 3 is 1.36 bits per heavy atom. The van der Waals surface area contributed by atoms with Gasteiger partial charge in [-0.3, -0.25) is 9.35 Å². The lowest BCUT2D eigenvalue weighted by atomic mass is 9.99. The van der Waals surface area contributed by atoms with Crippen LogP contribution < -0.4 is 5.32 Å². The summed E-state index contributed by atoms with van der Waals surface area (Å²) in [4.78, 5) is 13.1. The van der Waals surface area contributed by atoms with Gasteiger partial charge in [-0.15, -0.1) is 0 Å². The van der Waals surface area contributed by atoms with Gasteiger partial charge < -0.3 is 40.3 Å². The summed E-state index contributed by atoms with van der Waals surface area (Å²) < 4.78 is 47.6. The fraction of sp³-hybridized carbons (Fsp3) is 0.978. The molecule has 1 rings (SSSR count). The number of hydrogen-bond acceptors (Lipinski definition) is 11. The highest BCUT2D eigenvalue weighted by Crippen LogP contribution is 2.26. The number of carbonyl (C=O) groups is 1. The molecule has 1 aliphatic rings. The molecule has 0 aromatic carbocycles. The molecule has 8 atom stereocenters. The predicted octanol–water partition coefficient (Wildman–Crippen LogP) is 8.36. The summed E-state index contributed by atoms with van der Waals surface area (Å²) in [7, 11) is -5.10. The summed E-state index contributed by atoms with van der Waals surface area (Å²) in [6.45, 7) is 3.29. The van der Waals surface area contributed by atoms with E-state index in [1.54, 1.807) is 0 Å². The number of hydrogen-bond donors (Lipinski definition) is 7. The van der Waals surface area contributed by atoms with Crippen LogP contribution in [-0.4, -0.2) is 107 Å². The SMILES string of the molecule is CCCCCCCCCCCCCCCCCCCC(O)C(=O)NC(COC1OC(CO)C(O)C(OS(=O)(=O)O)C1O)C(O)CCCCCCCCCCCCCCC. The van der Waals surface area contributed by atoms with Gasteiger partial charge >= 0.3 is 10.4 Å². The van der Waals surface area contributed by atoms with Crippen LogP contribution in [0.15, 0.2) is 0 Å². The van der Waals surface area contributed by atoms with Crippen molar-refractivity contribution < 1.29 is 57.0 Å². The topological polar surface area (TPSA) is 212 Å². The molecule has 0 saturated carbocycles. The third kappa shape index (κ3) is 29.1. The first-order valence-corrected chi connectivity index (χ1v) is 25.4. The van der Waals surface area contributed by atoms with Gasteiger partial charge in [0.25, 0.3) is 0 Å². The van der Waals surface area contributed by atoms with Gasteiger partial charge in [0.15, 0.2) is 6.29 Å². The Morgan fingerprint density at radius 2 is 0.983 bits per heavy atom. The second-order valence-corrected chi connectivity index (χ2v) is 18.3. The number of unbranched alkanes of at least 4 members (excludes halogenated alkanes) is 28. The van der Waals surface area contributed by atoms with Crippen molar-refractivity contribution in [2.45, 2.75) is 268 Å². The smallest absolute Gasteiger partial charge is 0.394 e.